The third-order valence-corrected chi connectivity index (χ3v) is 4.03. The van der Waals surface area contributed by atoms with Crippen LogP contribution in [0.2, 0.25) is 0 Å². The van der Waals surface area contributed by atoms with Gasteiger partial charge in [-0.25, -0.2) is 4.79 Å². The molecule has 0 aromatic heterocycles. The molecule has 1 atom stereocenters. The minimum absolute atomic E-state index is 0.0427. The van der Waals surface area contributed by atoms with Crippen LogP contribution in [-0.4, -0.2) is 41.3 Å². The van der Waals surface area contributed by atoms with Crippen LogP contribution in [0.4, 0.5) is 5.69 Å². The Morgan fingerprint density at radius 3 is 2.04 bits per heavy atom. The number of esters is 1. The van der Waals surface area contributed by atoms with E-state index in [2.05, 4.69) is 0 Å². The summed E-state index contributed by atoms with van der Waals surface area (Å²) < 4.78 is 4.91. The van der Waals surface area contributed by atoms with Crippen molar-refractivity contribution in [3.05, 3.63) is 24.3 Å². The third-order valence-electron chi connectivity index (χ3n) is 4.03. The summed E-state index contributed by atoms with van der Waals surface area (Å²) in [6.07, 6.45) is 0.149. The number of aliphatic hydroxyl groups excluding tert-OH is 1. The number of anilines is 1. The van der Waals surface area contributed by atoms with Crippen molar-refractivity contribution in [2.75, 3.05) is 18.6 Å². The summed E-state index contributed by atoms with van der Waals surface area (Å²) in [5.74, 6) is -0.978. The number of amides is 1. The van der Waals surface area contributed by atoms with Crippen LogP contribution in [0.1, 0.15) is 34.1 Å². The largest absolute Gasteiger partial charge is 0.508 e. The number of methoxy groups -OCH3 is 1. The Balaban J connectivity index is 3.66. The quantitative estimate of drug-likeness (QED) is 0.810. The highest BCUT2D eigenvalue weighted by Crippen LogP contribution is 2.40. The lowest BCUT2D eigenvalue weighted by molar-refractivity contribution is -0.156. The van der Waals surface area contributed by atoms with Crippen LogP contribution in [0.25, 0.3) is 0 Å². The SMILES string of the molecule is CCC(=O)N(c1ccc(O)cc1)[C@@](CO)(C(=O)OC)C(C)(C)C. The van der Waals surface area contributed by atoms with Gasteiger partial charge in [0.25, 0.3) is 0 Å². The van der Waals surface area contributed by atoms with E-state index in [4.69, 9.17) is 4.74 Å². The lowest BCUT2D eigenvalue weighted by atomic mass is 9.72. The smallest absolute Gasteiger partial charge is 0.335 e. The zero-order valence-corrected chi connectivity index (χ0v) is 14.3. The molecule has 23 heavy (non-hydrogen) atoms. The van der Waals surface area contributed by atoms with Crippen molar-refractivity contribution in [2.24, 2.45) is 5.41 Å². The number of phenolic OH excluding ortho intramolecular Hbond substituents is 1. The fraction of sp³-hybridized carbons (Fsp3) is 0.529. The molecule has 0 heterocycles. The molecule has 0 aliphatic heterocycles. The van der Waals surface area contributed by atoms with Gasteiger partial charge in [0, 0.05) is 12.1 Å². The van der Waals surface area contributed by atoms with Crippen molar-refractivity contribution in [1.82, 2.24) is 0 Å². The van der Waals surface area contributed by atoms with Gasteiger partial charge in [-0.3, -0.25) is 9.69 Å². The van der Waals surface area contributed by atoms with E-state index in [1.165, 1.54) is 36.3 Å². The monoisotopic (exact) mass is 323 g/mol. The Morgan fingerprint density at radius 2 is 1.70 bits per heavy atom. The lowest BCUT2D eigenvalue weighted by Gasteiger charge is -2.48. The van der Waals surface area contributed by atoms with Gasteiger partial charge < -0.3 is 14.9 Å². The number of aliphatic hydroxyl groups is 1. The summed E-state index contributed by atoms with van der Waals surface area (Å²) in [5.41, 5.74) is -1.97. The maximum atomic E-state index is 12.6. The minimum Gasteiger partial charge on any atom is -0.508 e. The number of hydrogen-bond acceptors (Lipinski definition) is 5. The fourth-order valence-electron chi connectivity index (χ4n) is 2.61. The molecule has 1 aromatic rings. The van der Waals surface area contributed by atoms with E-state index in [1.807, 2.05) is 0 Å². The highest BCUT2D eigenvalue weighted by atomic mass is 16.5. The molecule has 0 aliphatic carbocycles. The predicted octanol–water partition coefficient (Wildman–Crippen LogP) is 2.09. The maximum Gasteiger partial charge on any atom is 0.335 e. The van der Waals surface area contributed by atoms with E-state index in [1.54, 1.807) is 27.7 Å². The second kappa shape index (κ2) is 7.00. The molecule has 1 amide bonds. The first-order valence-corrected chi connectivity index (χ1v) is 7.47. The number of phenols is 1. The van der Waals surface area contributed by atoms with Gasteiger partial charge in [-0.2, -0.15) is 0 Å². The van der Waals surface area contributed by atoms with E-state index in [9.17, 15) is 19.8 Å². The number of ether oxygens (including phenoxy) is 1. The average molecular weight is 323 g/mol. The Labute approximate surface area is 136 Å². The molecular formula is C17H25NO5. The summed E-state index contributed by atoms with van der Waals surface area (Å²) in [5, 5.41) is 19.6. The van der Waals surface area contributed by atoms with Gasteiger partial charge in [-0.05, 0) is 29.7 Å². The number of benzene rings is 1. The van der Waals surface area contributed by atoms with Gasteiger partial charge in [-0.1, -0.05) is 27.7 Å². The molecule has 128 valence electrons. The number of carbonyl (C=O) groups is 2. The molecule has 0 fully saturated rings. The van der Waals surface area contributed by atoms with E-state index < -0.39 is 23.5 Å². The number of rotatable bonds is 5. The van der Waals surface area contributed by atoms with Crippen LogP contribution >= 0.6 is 0 Å². The third kappa shape index (κ3) is 3.32. The zero-order valence-electron chi connectivity index (χ0n) is 14.3. The molecule has 2 N–H and O–H groups in total. The summed E-state index contributed by atoms with van der Waals surface area (Å²) in [6, 6.07) is 5.91. The van der Waals surface area contributed by atoms with Crippen LogP contribution < -0.4 is 4.90 Å². The van der Waals surface area contributed by atoms with Gasteiger partial charge in [-0.15, -0.1) is 0 Å². The zero-order chi connectivity index (χ0) is 17.8. The standard InChI is InChI=1S/C17H25NO5/c1-6-14(21)18(12-7-9-13(20)10-8-12)17(11-19,15(22)23-5)16(2,3)4/h7-10,19-20H,6,11H2,1-5H3/t17-/m0/s1. The van der Waals surface area contributed by atoms with Gasteiger partial charge in [0.05, 0.1) is 13.7 Å². The first kappa shape index (κ1) is 19.0. The Bertz CT molecular complexity index is 561. The Kier molecular flexibility index (Phi) is 5.77. The van der Waals surface area contributed by atoms with Gasteiger partial charge >= 0.3 is 5.97 Å². The fourth-order valence-corrected chi connectivity index (χ4v) is 2.61. The molecule has 6 nitrogen and oxygen atoms in total. The molecular weight excluding hydrogens is 298 g/mol. The van der Waals surface area contributed by atoms with Gasteiger partial charge in [0.1, 0.15) is 5.75 Å². The summed E-state index contributed by atoms with van der Waals surface area (Å²) >= 11 is 0. The van der Waals surface area contributed by atoms with Crippen LogP contribution in [0.3, 0.4) is 0 Å². The predicted molar refractivity (Wildman–Crippen MR) is 87.2 cm³/mol. The normalized spacial score (nSPS) is 14.0. The van der Waals surface area contributed by atoms with Crippen molar-refractivity contribution >= 4 is 17.6 Å². The van der Waals surface area contributed by atoms with Crippen LogP contribution in [-0.2, 0) is 14.3 Å². The first-order chi connectivity index (χ1) is 10.7. The number of carbonyl (C=O) groups excluding carboxylic acids is 2. The Hall–Kier alpha value is -2.08. The van der Waals surface area contributed by atoms with E-state index >= 15 is 0 Å². The molecule has 6 heteroatoms. The molecule has 0 aliphatic rings. The number of nitrogens with zero attached hydrogens (tertiary/aromatic N) is 1. The summed E-state index contributed by atoms with van der Waals surface area (Å²) in [4.78, 5) is 26.5. The van der Waals surface area contributed by atoms with E-state index in [0.29, 0.717) is 5.69 Å². The molecule has 0 radical (unpaired) electrons. The second-order valence-corrected chi connectivity index (χ2v) is 6.36. The number of aromatic hydroxyl groups is 1. The Morgan fingerprint density at radius 1 is 1.17 bits per heavy atom. The van der Waals surface area contributed by atoms with Crippen LogP contribution in [0, 0.1) is 5.41 Å². The molecule has 0 saturated carbocycles. The topological polar surface area (TPSA) is 87.1 Å². The van der Waals surface area contributed by atoms with Crippen molar-refractivity contribution in [1.29, 1.82) is 0 Å². The molecule has 0 saturated heterocycles. The van der Waals surface area contributed by atoms with Crippen LogP contribution in [0.15, 0.2) is 24.3 Å². The molecule has 0 spiro atoms. The van der Waals surface area contributed by atoms with Crippen molar-refractivity contribution in [3.8, 4) is 5.75 Å². The highest BCUT2D eigenvalue weighted by molar-refractivity contribution is 6.02. The van der Waals surface area contributed by atoms with Crippen LogP contribution in [0.5, 0.6) is 5.75 Å². The lowest BCUT2D eigenvalue weighted by Crippen LogP contribution is -2.67. The van der Waals surface area contributed by atoms with E-state index in [0.717, 1.165) is 0 Å². The molecule has 1 aromatic carbocycles. The summed E-state index contributed by atoms with van der Waals surface area (Å²) in [6.45, 7) is 6.37. The van der Waals surface area contributed by atoms with Crippen molar-refractivity contribution < 1.29 is 24.5 Å². The maximum absolute atomic E-state index is 12.6. The van der Waals surface area contributed by atoms with Gasteiger partial charge in [0.15, 0.2) is 5.54 Å². The van der Waals surface area contributed by atoms with Crippen molar-refractivity contribution in [2.45, 2.75) is 39.7 Å². The van der Waals surface area contributed by atoms with E-state index in [-0.39, 0.29) is 18.1 Å². The van der Waals surface area contributed by atoms with Crippen molar-refractivity contribution in [3.63, 3.8) is 0 Å². The van der Waals surface area contributed by atoms with Gasteiger partial charge in [0.2, 0.25) is 5.91 Å². The second-order valence-electron chi connectivity index (χ2n) is 6.36. The number of hydrogen-bond donors (Lipinski definition) is 2. The highest BCUT2D eigenvalue weighted by Gasteiger charge is 2.56. The summed E-state index contributed by atoms with van der Waals surface area (Å²) in [7, 11) is 1.23. The minimum atomic E-state index is -1.58. The molecule has 0 unspecified atom stereocenters. The molecule has 0 bridgehead atoms. The average Bonchev–Trinajstić information content (AvgIpc) is 2.51. The molecule has 1 rings (SSSR count). The first-order valence-electron chi connectivity index (χ1n) is 7.47.